The summed E-state index contributed by atoms with van der Waals surface area (Å²) < 4.78 is 17.2. The average molecular weight is 558 g/mol. The fourth-order valence-electron chi connectivity index (χ4n) is 3.84. The number of rotatable bonds is 17. The van der Waals surface area contributed by atoms with Gasteiger partial charge in [-0.15, -0.1) is 15.3 Å². The molecule has 0 aliphatic rings. The minimum atomic E-state index is -1.33. The van der Waals surface area contributed by atoms with E-state index in [1.165, 1.54) is 0 Å². The highest BCUT2D eigenvalue weighted by molar-refractivity contribution is 6.08. The van der Waals surface area contributed by atoms with Gasteiger partial charge in [-0.25, -0.2) is 0 Å². The Morgan fingerprint density at radius 3 is 1.18 bits per heavy atom. The van der Waals surface area contributed by atoms with Gasteiger partial charge in [0.1, 0.15) is 17.2 Å². The van der Waals surface area contributed by atoms with Crippen LogP contribution in [0.5, 0.6) is 17.2 Å². The first kappa shape index (κ1) is 30.6. The Morgan fingerprint density at radius 1 is 0.550 bits per heavy atom. The van der Waals surface area contributed by atoms with Gasteiger partial charge in [0.15, 0.2) is 0 Å². The third-order valence-electron chi connectivity index (χ3n) is 5.69. The second kappa shape index (κ2) is 16.9. The molecule has 3 aromatic rings. The summed E-state index contributed by atoms with van der Waals surface area (Å²) in [6.07, 6.45) is 0.410. The van der Waals surface area contributed by atoms with Gasteiger partial charge in [-0.3, -0.25) is 0 Å². The molecule has 3 aromatic carbocycles. The molecule has 0 N–H and O–H groups in total. The lowest BCUT2D eigenvalue weighted by atomic mass is 10.2. The minimum Gasteiger partial charge on any atom is -0.494 e. The van der Waals surface area contributed by atoms with Crippen molar-refractivity contribution in [2.24, 2.45) is 30.7 Å². The summed E-state index contributed by atoms with van der Waals surface area (Å²) in [5, 5.41) is 27.2. The van der Waals surface area contributed by atoms with Crippen molar-refractivity contribution in [1.82, 2.24) is 0 Å². The fourth-order valence-corrected chi connectivity index (χ4v) is 4.18. The van der Waals surface area contributed by atoms with Gasteiger partial charge >= 0.3 is 0 Å². The van der Waals surface area contributed by atoms with E-state index in [0.717, 1.165) is 33.9 Å². The molecule has 0 heterocycles. The quantitative estimate of drug-likeness (QED) is 0.125. The Hall–Kier alpha value is -3.92. The zero-order valence-corrected chi connectivity index (χ0v) is 24.5. The van der Waals surface area contributed by atoms with Crippen molar-refractivity contribution in [3.05, 3.63) is 89.5 Å². The predicted octanol–water partition coefficient (Wildman–Crippen LogP) is 7.77. The summed E-state index contributed by atoms with van der Waals surface area (Å²) >= 11 is 0. The van der Waals surface area contributed by atoms with Gasteiger partial charge < -0.3 is 14.2 Å². The molecule has 0 amide bonds. The standard InChI is InChI=1S/C30H37N6O3Si/c1-4-37-27-16-10-7-13-24(27)21-31-34-30(19-20-40,35-32-22-25-14-8-11-17-28(25)38-5-2)36-33-23-26-15-9-12-18-29(26)39-6-3/h7-18H,4-6,19-23H2,1-3H3. The Labute approximate surface area is 240 Å². The lowest BCUT2D eigenvalue weighted by Gasteiger charge is -2.17. The molecule has 0 saturated heterocycles. The van der Waals surface area contributed by atoms with Crippen molar-refractivity contribution in [3.8, 4) is 17.2 Å². The topological polar surface area (TPSA) is 102 Å². The lowest BCUT2D eigenvalue weighted by molar-refractivity contribution is 0.334. The maximum atomic E-state index is 5.74. The third kappa shape index (κ3) is 9.37. The number of azo groups is 3. The molecular formula is C30H37N6O3Si. The zero-order valence-electron chi connectivity index (χ0n) is 23.5. The second-order valence-corrected chi connectivity index (χ2v) is 9.10. The Balaban J connectivity index is 1.90. The van der Waals surface area contributed by atoms with Crippen LogP contribution >= 0.6 is 0 Å². The van der Waals surface area contributed by atoms with Crippen LogP contribution in [0.25, 0.3) is 0 Å². The van der Waals surface area contributed by atoms with Crippen LogP contribution in [0.1, 0.15) is 43.9 Å². The number of nitrogens with zero attached hydrogens (tertiary/aromatic N) is 6. The summed E-state index contributed by atoms with van der Waals surface area (Å²) in [7, 11) is 3.58. The largest absolute Gasteiger partial charge is 0.494 e. The monoisotopic (exact) mass is 557 g/mol. The van der Waals surface area contributed by atoms with Crippen molar-refractivity contribution in [2.75, 3.05) is 19.8 Å². The van der Waals surface area contributed by atoms with Crippen LogP contribution in [-0.4, -0.2) is 35.8 Å². The van der Waals surface area contributed by atoms with Crippen LogP contribution in [0, 0.1) is 0 Å². The molecule has 0 atom stereocenters. The number of benzene rings is 3. The first-order chi connectivity index (χ1) is 19.6. The molecule has 209 valence electrons. The summed E-state index contributed by atoms with van der Waals surface area (Å²) in [4.78, 5) is 0. The molecule has 3 radical (unpaired) electrons. The highest BCUT2D eigenvalue weighted by Crippen LogP contribution is 2.28. The van der Waals surface area contributed by atoms with E-state index in [1.807, 2.05) is 93.6 Å². The van der Waals surface area contributed by atoms with E-state index in [1.54, 1.807) is 0 Å². The van der Waals surface area contributed by atoms with Gasteiger partial charge in [0, 0.05) is 33.4 Å². The van der Waals surface area contributed by atoms with Gasteiger partial charge in [-0.05, 0) is 39.0 Å². The predicted molar refractivity (Wildman–Crippen MR) is 156 cm³/mol. The highest BCUT2D eigenvalue weighted by atomic mass is 28.1. The molecule has 0 saturated carbocycles. The zero-order chi connectivity index (χ0) is 28.5. The van der Waals surface area contributed by atoms with E-state index in [9.17, 15) is 0 Å². The number of para-hydroxylation sites is 3. The molecule has 0 unspecified atom stereocenters. The summed E-state index contributed by atoms with van der Waals surface area (Å²) in [6.45, 7) is 8.48. The Morgan fingerprint density at radius 2 is 0.875 bits per heavy atom. The molecular weight excluding hydrogens is 520 g/mol. The minimum absolute atomic E-state index is 0.311. The molecule has 9 nitrogen and oxygen atoms in total. The van der Waals surface area contributed by atoms with Crippen LogP contribution in [-0.2, 0) is 19.6 Å². The molecule has 0 aromatic heterocycles. The van der Waals surface area contributed by atoms with E-state index >= 15 is 0 Å². The first-order valence-electron chi connectivity index (χ1n) is 13.6. The van der Waals surface area contributed by atoms with Crippen molar-refractivity contribution in [3.63, 3.8) is 0 Å². The molecule has 0 aliphatic heterocycles. The van der Waals surface area contributed by atoms with E-state index < -0.39 is 5.79 Å². The van der Waals surface area contributed by atoms with Crippen LogP contribution in [0.15, 0.2) is 103 Å². The number of ether oxygens (including phenoxy) is 3. The molecule has 0 fully saturated rings. The summed E-state index contributed by atoms with van der Waals surface area (Å²) in [6, 6.07) is 23.9. The SMILES string of the molecule is CCOc1ccccc1CN=NC(CC[Si])(N=NCc1ccccc1OCC)N=NCc1ccccc1OCC. The van der Waals surface area contributed by atoms with Crippen molar-refractivity contribution < 1.29 is 14.2 Å². The average Bonchev–Trinajstić information content (AvgIpc) is 2.96. The Kier molecular flexibility index (Phi) is 12.9. The van der Waals surface area contributed by atoms with Crippen LogP contribution < -0.4 is 14.2 Å². The lowest BCUT2D eigenvalue weighted by Crippen LogP contribution is -2.20. The molecule has 0 bridgehead atoms. The van der Waals surface area contributed by atoms with Crippen LogP contribution in [0.3, 0.4) is 0 Å². The molecule has 3 rings (SSSR count). The molecule has 0 spiro atoms. The fraction of sp³-hybridized carbons (Fsp3) is 0.400. The van der Waals surface area contributed by atoms with Crippen molar-refractivity contribution in [1.29, 1.82) is 0 Å². The van der Waals surface area contributed by atoms with Gasteiger partial charge in [-0.1, -0.05) is 60.6 Å². The second-order valence-electron chi connectivity index (χ2n) is 8.60. The number of hydrogen-bond donors (Lipinski definition) is 0. The normalized spacial score (nSPS) is 13.2. The van der Waals surface area contributed by atoms with Crippen LogP contribution in [0.4, 0.5) is 0 Å². The molecule has 10 heteroatoms. The van der Waals surface area contributed by atoms with Gasteiger partial charge in [-0.2, -0.15) is 15.3 Å². The van der Waals surface area contributed by atoms with E-state index in [4.69, 9.17) is 14.2 Å². The smallest absolute Gasteiger partial charge is 0.298 e. The van der Waals surface area contributed by atoms with Gasteiger partial charge in [0.2, 0.25) is 0 Å². The van der Waals surface area contributed by atoms with Gasteiger partial charge in [0.05, 0.1) is 39.5 Å². The summed E-state index contributed by atoms with van der Waals surface area (Å²) in [5.41, 5.74) is 2.77. The first-order valence-corrected chi connectivity index (χ1v) is 14.3. The third-order valence-corrected chi connectivity index (χ3v) is 5.94. The van der Waals surface area contributed by atoms with E-state index in [2.05, 4.69) is 40.9 Å². The molecule has 40 heavy (non-hydrogen) atoms. The van der Waals surface area contributed by atoms with E-state index in [0.29, 0.717) is 51.9 Å². The highest BCUT2D eigenvalue weighted by Gasteiger charge is 2.29. The van der Waals surface area contributed by atoms with Gasteiger partial charge in [0.25, 0.3) is 5.79 Å². The molecule has 0 aliphatic carbocycles. The van der Waals surface area contributed by atoms with Crippen molar-refractivity contribution in [2.45, 2.75) is 58.7 Å². The summed E-state index contributed by atoms with van der Waals surface area (Å²) in [5.74, 6) is 0.998. The van der Waals surface area contributed by atoms with E-state index in [-0.39, 0.29) is 0 Å². The van der Waals surface area contributed by atoms with Crippen LogP contribution in [0.2, 0.25) is 6.04 Å². The van der Waals surface area contributed by atoms with Crippen molar-refractivity contribution >= 4 is 10.2 Å². The number of hydrogen-bond acceptors (Lipinski definition) is 9. The maximum absolute atomic E-state index is 5.74. The maximum Gasteiger partial charge on any atom is 0.298 e. The Bertz CT molecular complexity index is 1120.